The second kappa shape index (κ2) is 6.40. The SMILES string of the molecule is CC(C)c1cc(CN2CCCC(c3nc4ccccc4o3)C2)on1. The van der Waals surface area contributed by atoms with Crippen LogP contribution in [0, 0.1) is 0 Å². The maximum Gasteiger partial charge on any atom is 0.199 e. The highest BCUT2D eigenvalue weighted by atomic mass is 16.5. The zero-order valence-corrected chi connectivity index (χ0v) is 14.2. The molecule has 1 saturated heterocycles. The van der Waals surface area contributed by atoms with Crippen molar-refractivity contribution in [3.05, 3.63) is 47.7 Å². The van der Waals surface area contributed by atoms with Gasteiger partial charge in [-0.1, -0.05) is 31.1 Å². The maximum atomic E-state index is 5.97. The number of hydrogen-bond donors (Lipinski definition) is 0. The van der Waals surface area contributed by atoms with Crippen LogP contribution < -0.4 is 0 Å². The summed E-state index contributed by atoms with van der Waals surface area (Å²) in [7, 11) is 0. The van der Waals surface area contributed by atoms with Crippen molar-refractivity contribution in [1.82, 2.24) is 15.0 Å². The molecule has 0 saturated carbocycles. The van der Waals surface area contributed by atoms with Crippen molar-refractivity contribution in [2.75, 3.05) is 13.1 Å². The minimum Gasteiger partial charge on any atom is -0.440 e. The predicted octanol–water partition coefficient (Wildman–Crippen LogP) is 4.32. The molecule has 1 aliphatic rings. The van der Waals surface area contributed by atoms with Crippen LogP contribution in [0.25, 0.3) is 11.1 Å². The van der Waals surface area contributed by atoms with Gasteiger partial charge in [-0.3, -0.25) is 4.90 Å². The zero-order chi connectivity index (χ0) is 16.5. The largest absolute Gasteiger partial charge is 0.440 e. The van der Waals surface area contributed by atoms with Gasteiger partial charge in [0, 0.05) is 18.5 Å². The monoisotopic (exact) mass is 325 g/mol. The lowest BCUT2D eigenvalue weighted by Crippen LogP contribution is -2.33. The Morgan fingerprint density at radius 3 is 2.96 bits per heavy atom. The summed E-state index contributed by atoms with van der Waals surface area (Å²) in [4.78, 5) is 7.09. The Kier molecular flexibility index (Phi) is 4.10. The van der Waals surface area contributed by atoms with E-state index < -0.39 is 0 Å². The quantitative estimate of drug-likeness (QED) is 0.715. The van der Waals surface area contributed by atoms with E-state index in [1.54, 1.807) is 0 Å². The lowest BCUT2D eigenvalue weighted by molar-refractivity contribution is 0.170. The van der Waals surface area contributed by atoms with Crippen molar-refractivity contribution < 1.29 is 8.94 Å². The molecule has 1 aliphatic heterocycles. The average molecular weight is 325 g/mol. The summed E-state index contributed by atoms with van der Waals surface area (Å²) in [6.45, 7) is 7.09. The summed E-state index contributed by atoms with van der Waals surface area (Å²) in [6, 6.07) is 10.0. The Bertz CT molecular complexity index is 788. The Balaban J connectivity index is 1.46. The molecule has 1 aromatic carbocycles. The molecule has 0 amide bonds. The van der Waals surface area contributed by atoms with Crippen LogP contribution in [0.2, 0.25) is 0 Å². The molecule has 3 heterocycles. The van der Waals surface area contributed by atoms with Crippen LogP contribution >= 0.6 is 0 Å². The first-order valence-electron chi connectivity index (χ1n) is 8.72. The third kappa shape index (κ3) is 3.08. The second-order valence-corrected chi connectivity index (χ2v) is 6.97. The van der Waals surface area contributed by atoms with Gasteiger partial charge in [0.15, 0.2) is 17.2 Å². The number of benzene rings is 1. The number of nitrogens with zero attached hydrogens (tertiary/aromatic N) is 3. The fourth-order valence-electron chi connectivity index (χ4n) is 3.36. The minimum atomic E-state index is 0.346. The van der Waals surface area contributed by atoms with Crippen LogP contribution in [-0.2, 0) is 6.54 Å². The molecular weight excluding hydrogens is 302 g/mol. The normalized spacial score (nSPS) is 19.4. The third-order valence-electron chi connectivity index (χ3n) is 4.71. The van der Waals surface area contributed by atoms with Gasteiger partial charge in [0.1, 0.15) is 5.52 Å². The van der Waals surface area contributed by atoms with E-state index >= 15 is 0 Å². The molecule has 1 fully saturated rings. The number of rotatable bonds is 4. The molecule has 3 aromatic rings. The van der Waals surface area contributed by atoms with E-state index in [2.05, 4.69) is 35.0 Å². The van der Waals surface area contributed by atoms with Gasteiger partial charge >= 0.3 is 0 Å². The van der Waals surface area contributed by atoms with Crippen LogP contribution in [0.5, 0.6) is 0 Å². The van der Waals surface area contributed by atoms with Gasteiger partial charge in [-0.25, -0.2) is 4.98 Å². The number of hydrogen-bond acceptors (Lipinski definition) is 5. The topological polar surface area (TPSA) is 55.3 Å². The number of likely N-dealkylation sites (tertiary alicyclic amines) is 1. The summed E-state index contributed by atoms with van der Waals surface area (Å²) < 4.78 is 11.5. The Labute approximate surface area is 141 Å². The van der Waals surface area contributed by atoms with Crippen molar-refractivity contribution in [3.8, 4) is 0 Å². The summed E-state index contributed by atoms with van der Waals surface area (Å²) in [5, 5.41) is 4.15. The molecule has 0 aliphatic carbocycles. The number of piperidine rings is 1. The zero-order valence-electron chi connectivity index (χ0n) is 14.2. The number of para-hydroxylation sites is 2. The highest BCUT2D eigenvalue weighted by molar-refractivity contribution is 5.72. The van der Waals surface area contributed by atoms with Gasteiger partial charge in [-0.2, -0.15) is 0 Å². The van der Waals surface area contributed by atoms with Crippen molar-refractivity contribution in [3.63, 3.8) is 0 Å². The Hall–Kier alpha value is -2.14. The fourth-order valence-corrected chi connectivity index (χ4v) is 3.36. The lowest BCUT2D eigenvalue weighted by Gasteiger charge is -2.30. The number of fused-ring (bicyclic) bond motifs is 1. The molecule has 1 atom stereocenters. The van der Waals surface area contributed by atoms with E-state index in [9.17, 15) is 0 Å². The standard InChI is InChI=1S/C19H23N3O2/c1-13(2)17-10-15(24-21-17)12-22-9-5-6-14(11-22)19-20-16-7-3-4-8-18(16)23-19/h3-4,7-8,10,13-14H,5-6,9,11-12H2,1-2H3. The number of aromatic nitrogens is 2. The summed E-state index contributed by atoms with van der Waals surface area (Å²) in [5.74, 6) is 2.55. The van der Waals surface area contributed by atoms with E-state index in [0.717, 1.165) is 60.9 Å². The molecular formula is C19H23N3O2. The molecule has 126 valence electrons. The molecule has 0 radical (unpaired) electrons. The lowest BCUT2D eigenvalue weighted by atomic mass is 9.98. The van der Waals surface area contributed by atoms with Crippen LogP contribution in [-0.4, -0.2) is 28.1 Å². The van der Waals surface area contributed by atoms with Crippen molar-refractivity contribution in [2.24, 2.45) is 0 Å². The van der Waals surface area contributed by atoms with Crippen molar-refractivity contribution >= 4 is 11.1 Å². The van der Waals surface area contributed by atoms with Crippen LogP contribution in [0.1, 0.15) is 55.9 Å². The van der Waals surface area contributed by atoms with Gasteiger partial charge in [0.05, 0.1) is 12.2 Å². The number of oxazole rings is 1. The minimum absolute atomic E-state index is 0.346. The first-order valence-corrected chi connectivity index (χ1v) is 8.72. The Morgan fingerprint density at radius 1 is 1.29 bits per heavy atom. The smallest absolute Gasteiger partial charge is 0.199 e. The molecule has 4 rings (SSSR count). The van der Waals surface area contributed by atoms with Crippen molar-refractivity contribution in [2.45, 2.75) is 45.1 Å². The van der Waals surface area contributed by atoms with Crippen molar-refractivity contribution in [1.29, 1.82) is 0 Å². The van der Waals surface area contributed by atoms with Gasteiger partial charge in [0.25, 0.3) is 0 Å². The highest BCUT2D eigenvalue weighted by Gasteiger charge is 2.26. The van der Waals surface area contributed by atoms with Gasteiger partial charge < -0.3 is 8.94 Å². The van der Waals surface area contributed by atoms with E-state index in [-0.39, 0.29) is 0 Å². The first-order chi connectivity index (χ1) is 11.7. The molecule has 2 aromatic heterocycles. The molecule has 0 N–H and O–H groups in total. The molecule has 1 unspecified atom stereocenters. The summed E-state index contributed by atoms with van der Waals surface area (Å²) in [5.41, 5.74) is 2.85. The molecule has 5 nitrogen and oxygen atoms in total. The third-order valence-corrected chi connectivity index (χ3v) is 4.71. The average Bonchev–Trinajstić information content (AvgIpc) is 3.21. The Morgan fingerprint density at radius 2 is 2.17 bits per heavy atom. The summed E-state index contributed by atoms with van der Waals surface area (Å²) in [6.07, 6.45) is 2.27. The van der Waals surface area contributed by atoms with E-state index in [0.29, 0.717) is 11.8 Å². The molecule has 0 spiro atoms. The van der Waals surface area contributed by atoms with E-state index in [1.807, 2.05) is 24.3 Å². The van der Waals surface area contributed by atoms with Gasteiger partial charge in [-0.15, -0.1) is 0 Å². The first kappa shape index (κ1) is 15.4. The van der Waals surface area contributed by atoms with Crippen LogP contribution in [0.15, 0.2) is 39.3 Å². The predicted molar refractivity (Wildman–Crippen MR) is 91.9 cm³/mol. The van der Waals surface area contributed by atoms with E-state index in [1.165, 1.54) is 0 Å². The highest BCUT2D eigenvalue weighted by Crippen LogP contribution is 2.29. The van der Waals surface area contributed by atoms with Crippen LogP contribution in [0.4, 0.5) is 0 Å². The van der Waals surface area contributed by atoms with Gasteiger partial charge in [0.2, 0.25) is 0 Å². The van der Waals surface area contributed by atoms with E-state index in [4.69, 9.17) is 8.94 Å². The maximum absolute atomic E-state index is 5.97. The molecule has 0 bridgehead atoms. The second-order valence-electron chi connectivity index (χ2n) is 6.97. The molecule has 24 heavy (non-hydrogen) atoms. The van der Waals surface area contributed by atoms with Crippen LogP contribution in [0.3, 0.4) is 0 Å². The summed E-state index contributed by atoms with van der Waals surface area (Å²) >= 11 is 0. The molecule has 5 heteroatoms. The van der Waals surface area contributed by atoms with Gasteiger partial charge in [-0.05, 0) is 37.4 Å². The fraction of sp³-hybridized carbons (Fsp3) is 0.474.